The first kappa shape index (κ1) is 16.0. The van der Waals surface area contributed by atoms with Crippen LogP contribution in [0.2, 0.25) is 0 Å². The fourth-order valence-electron chi connectivity index (χ4n) is 3.21. The Kier molecular flexibility index (Phi) is 4.41. The molecule has 0 unspecified atom stereocenters. The van der Waals surface area contributed by atoms with Crippen molar-refractivity contribution < 1.29 is 24.4 Å². The monoisotopic (exact) mass is 334 g/mol. The molecule has 2 aliphatic rings. The van der Waals surface area contributed by atoms with Gasteiger partial charge in [-0.15, -0.1) is 11.8 Å². The number of aliphatic carboxylic acids is 1. The number of hydrogen-bond acceptors (Lipinski definition) is 5. The van der Waals surface area contributed by atoms with E-state index in [-0.39, 0.29) is 17.6 Å². The number of carboxylic acids is 1. The molecule has 0 saturated carbocycles. The topological polar surface area (TPSA) is 84.5 Å². The molecule has 6 nitrogen and oxygen atoms in total. The number of carboxylic acid groups (broad SMARTS) is 1. The van der Waals surface area contributed by atoms with E-state index in [1.807, 2.05) is 35.2 Å². The first-order valence-corrected chi connectivity index (χ1v) is 8.51. The number of hydrogen-bond donors (Lipinski definition) is 1. The van der Waals surface area contributed by atoms with Crippen molar-refractivity contribution in [2.24, 2.45) is 5.92 Å². The third-order valence-electron chi connectivity index (χ3n) is 4.28. The van der Waals surface area contributed by atoms with E-state index in [4.69, 9.17) is 0 Å². The molecule has 2 aliphatic heterocycles. The van der Waals surface area contributed by atoms with E-state index >= 15 is 0 Å². The fraction of sp³-hybridized carbons (Fsp3) is 0.438. The number of rotatable bonds is 6. The number of aliphatic hydroxyl groups is 1. The number of aromatic nitrogens is 1. The van der Waals surface area contributed by atoms with Crippen LogP contribution in [0.25, 0.3) is 0 Å². The van der Waals surface area contributed by atoms with Crippen molar-refractivity contribution in [1.82, 2.24) is 4.90 Å². The molecule has 3 heterocycles. The molecule has 1 amide bonds. The van der Waals surface area contributed by atoms with E-state index < -0.39 is 18.0 Å². The van der Waals surface area contributed by atoms with E-state index in [0.717, 1.165) is 6.54 Å². The van der Waals surface area contributed by atoms with E-state index in [1.165, 1.54) is 16.7 Å². The largest absolute Gasteiger partial charge is 0.543 e. The fourth-order valence-corrected chi connectivity index (χ4v) is 4.36. The van der Waals surface area contributed by atoms with Crippen molar-refractivity contribution in [2.75, 3.05) is 5.75 Å². The lowest BCUT2D eigenvalue weighted by atomic mass is 9.83. The molecular formula is C16H18N2O4S. The highest BCUT2D eigenvalue weighted by molar-refractivity contribution is 8.03. The van der Waals surface area contributed by atoms with Crippen molar-refractivity contribution in [3.8, 4) is 0 Å². The van der Waals surface area contributed by atoms with Crippen molar-refractivity contribution in [3.05, 3.63) is 41.2 Å². The molecule has 7 heteroatoms. The molecule has 23 heavy (non-hydrogen) atoms. The SMILES string of the molecule is C[C@@H](O)[C@H]1C(=O)N2C(C(=O)[O-])=C(SCC[n+]3ccccc3)C[C@H]12. The summed E-state index contributed by atoms with van der Waals surface area (Å²) in [6, 6.07) is 5.56. The van der Waals surface area contributed by atoms with Gasteiger partial charge in [-0.2, -0.15) is 0 Å². The Balaban J connectivity index is 1.69. The summed E-state index contributed by atoms with van der Waals surface area (Å²) in [4.78, 5) is 25.4. The van der Waals surface area contributed by atoms with Gasteiger partial charge in [-0.1, -0.05) is 6.07 Å². The number of amides is 1. The second-order valence-electron chi connectivity index (χ2n) is 5.77. The van der Waals surface area contributed by atoms with Gasteiger partial charge in [-0.3, -0.25) is 4.79 Å². The number of carbonyl (C=O) groups excluding carboxylic acids is 2. The van der Waals surface area contributed by atoms with Gasteiger partial charge in [0.25, 0.3) is 0 Å². The van der Waals surface area contributed by atoms with Crippen LogP contribution in [-0.2, 0) is 16.1 Å². The van der Waals surface area contributed by atoms with Gasteiger partial charge in [0.1, 0.15) is 0 Å². The number of β-lactam (4-membered cyclic amide) rings is 1. The highest BCUT2D eigenvalue weighted by Crippen LogP contribution is 2.46. The summed E-state index contributed by atoms with van der Waals surface area (Å²) in [5.41, 5.74) is -0.0139. The lowest BCUT2D eigenvalue weighted by molar-refractivity contribution is -0.692. The van der Waals surface area contributed by atoms with Gasteiger partial charge in [0.2, 0.25) is 5.91 Å². The van der Waals surface area contributed by atoms with Crippen LogP contribution in [-0.4, -0.2) is 39.8 Å². The van der Waals surface area contributed by atoms with Crippen LogP contribution >= 0.6 is 11.8 Å². The number of pyridine rings is 1. The standard InChI is InChI=1S/C16H18N2O4S/c1-10(19)13-11-9-12(14(16(21)22)18(11)15(13)20)23-8-7-17-5-3-2-4-6-17/h2-6,10-11,13,19H,7-9H2,1H3/t10-,11-,13-/m1/s1. The Morgan fingerprint density at radius 2 is 2.17 bits per heavy atom. The molecule has 1 saturated heterocycles. The minimum Gasteiger partial charge on any atom is -0.543 e. The van der Waals surface area contributed by atoms with Gasteiger partial charge in [0.15, 0.2) is 18.9 Å². The third-order valence-corrected chi connectivity index (χ3v) is 5.38. The smallest absolute Gasteiger partial charge is 0.235 e. The molecule has 122 valence electrons. The Morgan fingerprint density at radius 3 is 2.78 bits per heavy atom. The molecule has 3 atom stereocenters. The third kappa shape index (κ3) is 2.86. The summed E-state index contributed by atoms with van der Waals surface area (Å²) in [6.45, 7) is 2.31. The second-order valence-corrected chi connectivity index (χ2v) is 6.96. The van der Waals surface area contributed by atoms with Crippen LogP contribution in [0.1, 0.15) is 13.3 Å². The van der Waals surface area contributed by atoms with Gasteiger partial charge in [-0.05, 0) is 6.92 Å². The lowest BCUT2D eigenvalue weighted by Gasteiger charge is -2.45. The van der Waals surface area contributed by atoms with Gasteiger partial charge < -0.3 is 19.9 Å². The Morgan fingerprint density at radius 1 is 1.48 bits per heavy atom. The molecule has 1 aromatic rings. The van der Waals surface area contributed by atoms with E-state index in [1.54, 1.807) is 6.92 Å². The molecule has 0 radical (unpaired) electrons. The van der Waals surface area contributed by atoms with Crippen LogP contribution in [0.5, 0.6) is 0 Å². The average molecular weight is 334 g/mol. The molecule has 0 aliphatic carbocycles. The van der Waals surface area contributed by atoms with Crippen molar-refractivity contribution in [3.63, 3.8) is 0 Å². The highest BCUT2D eigenvalue weighted by Gasteiger charge is 2.55. The zero-order valence-corrected chi connectivity index (χ0v) is 13.5. The summed E-state index contributed by atoms with van der Waals surface area (Å²) < 4.78 is 2.01. The first-order valence-electron chi connectivity index (χ1n) is 7.53. The molecule has 3 rings (SSSR count). The van der Waals surface area contributed by atoms with Crippen molar-refractivity contribution in [2.45, 2.75) is 32.0 Å². The number of aliphatic hydroxyl groups excluding tert-OH is 1. The summed E-state index contributed by atoms with van der Waals surface area (Å²) in [7, 11) is 0. The van der Waals surface area contributed by atoms with E-state index in [9.17, 15) is 19.8 Å². The number of aryl methyl sites for hydroxylation is 1. The number of nitrogens with zero attached hydrogens (tertiary/aromatic N) is 2. The van der Waals surface area contributed by atoms with Crippen LogP contribution in [0.3, 0.4) is 0 Å². The van der Waals surface area contributed by atoms with Crippen molar-refractivity contribution in [1.29, 1.82) is 0 Å². The predicted octanol–water partition coefficient (Wildman–Crippen LogP) is -0.720. The molecule has 0 spiro atoms. The Hall–Kier alpha value is -1.86. The Bertz CT molecular complexity index is 659. The maximum absolute atomic E-state index is 12.1. The molecular weight excluding hydrogens is 316 g/mol. The summed E-state index contributed by atoms with van der Waals surface area (Å²) >= 11 is 1.44. The minimum atomic E-state index is -1.32. The first-order chi connectivity index (χ1) is 11.0. The van der Waals surface area contributed by atoms with Crippen LogP contribution in [0.4, 0.5) is 0 Å². The van der Waals surface area contributed by atoms with Gasteiger partial charge in [-0.25, -0.2) is 4.57 Å². The van der Waals surface area contributed by atoms with Crippen LogP contribution in [0.15, 0.2) is 41.2 Å². The number of fused-ring (bicyclic) bond motifs is 1. The summed E-state index contributed by atoms with van der Waals surface area (Å²) in [5.74, 6) is -1.45. The van der Waals surface area contributed by atoms with Gasteiger partial charge in [0.05, 0.1) is 35.5 Å². The average Bonchev–Trinajstić information content (AvgIpc) is 2.82. The minimum absolute atomic E-state index is 0.0139. The van der Waals surface area contributed by atoms with Crippen LogP contribution < -0.4 is 9.67 Å². The lowest BCUT2D eigenvalue weighted by Crippen LogP contribution is -2.62. The zero-order chi connectivity index (χ0) is 16.6. The van der Waals surface area contributed by atoms with Gasteiger partial charge in [0, 0.05) is 23.5 Å². The van der Waals surface area contributed by atoms with Gasteiger partial charge >= 0.3 is 0 Å². The predicted molar refractivity (Wildman–Crippen MR) is 81.5 cm³/mol. The summed E-state index contributed by atoms with van der Waals surface area (Å²) in [6.07, 6.45) is 3.61. The second kappa shape index (κ2) is 6.33. The molecule has 1 N–H and O–H groups in total. The molecule has 0 bridgehead atoms. The highest BCUT2D eigenvalue weighted by atomic mass is 32.2. The number of thioether (sulfide) groups is 1. The zero-order valence-electron chi connectivity index (χ0n) is 12.7. The maximum Gasteiger partial charge on any atom is 0.235 e. The van der Waals surface area contributed by atoms with Crippen molar-refractivity contribution >= 4 is 23.6 Å². The normalized spacial score (nSPS) is 24.4. The quantitative estimate of drug-likeness (QED) is 0.548. The summed E-state index contributed by atoms with van der Waals surface area (Å²) in [5, 5.41) is 21.1. The van der Waals surface area contributed by atoms with Crippen LogP contribution in [0, 0.1) is 5.92 Å². The van der Waals surface area contributed by atoms with E-state index in [2.05, 4.69) is 0 Å². The Labute approximate surface area is 138 Å². The molecule has 1 fully saturated rings. The molecule has 1 aromatic heterocycles. The maximum atomic E-state index is 12.1. The van der Waals surface area contributed by atoms with E-state index in [0.29, 0.717) is 17.1 Å². The molecule has 0 aromatic carbocycles. The number of carbonyl (C=O) groups is 2.